The predicted molar refractivity (Wildman–Crippen MR) is 79.7 cm³/mol. The van der Waals surface area contributed by atoms with Crippen molar-refractivity contribution in [3.8, 4) is 0 Å². The quantitative estimate of drug-likeness (QED) is 0.804. The van der Waals surface area contributed by atoms with E-state index >= 15 is 0 Å². The second-order valence-corrected chi connectivity index (χ2v) is 5.02. The molecule has 7 nitrogen and oxygen atoms in total. The van der Waals surface area contributed by atoms with Gasteiger partial charge in [-0.3, -0.25) is 4.79 Å². The molecule has 0 spiro atoms. The second kappa shape index (κ2) is 7.04. The number of nitrogens with one attached hydrogen (secondary N) is 1. The molecule has 0 aliphatic rings. The van der Waals surface area contributed by atoms with Crippen LogP contribution in [0.1, 0.15) is 23.1 Å². The van der Waals surface area contributed by atoms with Gasteiger partial charge in [-0.05, 0) is 26.0 Å². The van der Waals surface area contributed by atoms with Crippen LogP contribution in [0.2, 0.25) is 0 Å². The summed E-state index contributed by atoms with van der Waals surface area (Å²) >= 11 is 0. The molecule has 0 aliphatic carbocycles. The Morgan fingerprint density at radius 1 is 1.41 bits per heavy atom. The number of rotatable bonds is 6. The van der Waals surface area contributed by atoms with E-state index in [0.29, 0.717) is 12.3 Å². The maximum atomic E-state index is 11.9. The second-order valence-electron chi connectivity index (χ2n) is 5.02. The van der Waals surface area contributed by atoms with Gasteiger partial charge in [0.15, 0.2) is 12.3 Å². The van der Waals surface area contributed by atoms with E-state index in [-0.39, 0.29) is 24.2 Å². The zero-order chi connectivity index (χ0) is 16.1. The Morgan fingerprint density at radius 2 is 2.18 bits per heavy atom. The van der Waals surface area contributed by atoms with Gasteiger partial charge in [0, 0.05) is 25.0 Å². The van der Waals surface area contributed by atoms with E-state index in [2.05, 4.69) is 10.3 Å². The van der Waals surface area contributed by atoms with Crippen LogP contribution >= 0.6 is 0 Å². The molecule has 2 rings (SSSR count). The first-order valence-corrected chi connectivity index (χ1v) is 6.91. The Kier molecular flexibility index (Phi) is 5.11. The van der Waals surface area contributed by atoms with Crippen LogP contribution in [-0.4, -0.2) is 47.6 Å². The molecule has 0 fully saturated rings. The predicted octanol–water partition coefficient (Wildman–Crippen LogP) is 0.951. The lowest BCUT2D eigenvalue weighted by molar-refractivity contribution is -0.125. The van der Waals surface area contributed by atoms with Gasteiger partial charge in [0.1, 0.15) is 5.65 Å². The molecule has 1 unspecified atom stereocenters. The highest BCUT2D eigenvalue weighted by Crippen LogP contribution is 2.09. The Hall–Kier alpha value is -2.41. The van der Waals surface area contributed by atoms with Crippen molar-refractivity contribution in [2.24, 2.45) is 0 Å². The molecule has 2 heterocycles. The molecule has 2 aromatic rings. The van der Waals surface area contributed by atoms with Crippen LogP contribution < -0.4 is 5.32 Å². The molecule has 0 saturated heterocycles. The maximum Gasteiger partial charge on any atom is 0.359 e. The van der Waals surface area contributed by atoms with E-state index in [0.717, 1.165) is 5.69 Å². The van der Waals surface area contributed by atoms with E-state index < -0.39 is 5.97 Å². The average molecular weight is 305 g/mol. The fraction of sp³-hybridized carbons (Fsp3) is 0.400. The Morgan fingerprint density at radius 3 is 2.86 bits per heavy atom. The molecule has 1 amide bonds. The van der Waals surface area contributed by atoms with Gasteiger partial charge in [0.25, 0.3) is 5.91 Å². The van der Waals surface area contributed by atoms with Gasteiger partial charge in [0.05, 0.1) is 6.61 Å². The average Bonchev–Trinajstić information content (AvgIpc) is 2.90. The van der Waals surface area contributed by atoms with Crippen molar-refractivity contribution in [3.63, 3.8) is 0 Å². The SMILES string of the molecule is COCC(C)NC(=O)COC(=O)c1cn2c(C)cccc2n1. The van der Waals surface area contributed by atoms with Gasteiger partial charge < -0.3 is 19.2 Å². The molecular formula is C15H19N3O4. The summed E-state index contributed by atoms with van der Waals surface area (Å²) in [6.45, 7) is 3.76. The molecule has 118 valence electrons. The molecule has 0 aromatic carbocycles. The van der Waals surface area contributed by atoms with Crippen molar-refractivity contribution in [2.75, 3.05) is 20.3 Å². The van der Waals surface area contributed by atoms with E-state index in [1.807, 2.05) is 19.1 Å². The molecule has 0 bridgehead atoms. The van der Waals surface area contributed by atoms with Crippen LogP contribution in [-0.2, 0) is 14.3 Å². The van der Waals surface area contributed by atoms with Crippen molar-refractivity contribution in [2.45, 2.75) is 19.9 Å². The van der Waals surface area contributed by atoms with E-state index in [4.69, 9.17) is 9.47 Å². The number of aryl methyl sites for hydroxylation is 1. The van der Waals surface area contributed by atoms with Crippen molar-refractivity contribution < 1.29 is 19.1 Å². The number of carbonyl (C=O) groups excluding carboxylic acids is 2. The molecule has 0 aliphatic heterocycles. The first kappa shape index (κ1) is 16.0. The summed E-state index contributed by atoms with van der Waals surface area (Å²) in [5.41, 5.74) is 1.78. The molecule has 22 heavy (non-hydrogen) atoms. The van der Waals surface area contributed by atoms with E-state index in [1.165, 1.54) is 0 Å². The summed E-state index contributed by atoms with van der Waals surface area (Å²) in [7, 11) is 1.55. The summed E-state index contributed by atoms with van der Waals surface area (Å²) in [5, 5.41) is 2.66. The molecule has 7 heteroatoms. The lowest BCUT2D eigenvalue weighted by Crippen LogP contribution is -2.38. The number of aromatic nitrogens is 2. The largest absolute Gasteiger partial charge is 0.451 e. The number of fused-ring (bicyclic) bond motifs is 1. The fourth-order valence-electron chi connectivity index (χ4n) is 2.06. The number of amides is 1. The van der Waals surface area contributed by atoms with Gasteiger partial charge in [-0.15, -0.1) is 0 Å². The highest BCUT2D eigenvalue weighted by molar-refractivity contribution is 5.90. The summed E-state index contributed by atoms with van der Waals surface area (Å²) in [5.74, 6) is -1.00. The minimum absolute atomic E-state index is 0.144. The maximum absolute atomic E-state index is 11.9. The highest BCUT2D eigenvalue weighted by Gasteiger charge is 2.15. The number of imidazole rings is 1. The number of methoxy groups -OCH3 is 1. The molecule has 1 N–H and O–H groups in total. The Balaban J connectivity index is 1.94. The molecular weight excluding hydrogens is 286 g/mol. The van der Waals surface area contributed by atoms with Crippen LogP contribution in [0.4, 0.5) is 0 Å². The number of pyridine rings is 1. The summed E-state index contributed by atoms with van der Waals surface area (Å²) < 4.78 is 11.7. The third-order valence-corrected chi connectivity index (χ3v) is 3.06. The lowest BCUT2D eigenvalue weighted by atomic mass is 10.3. The number of esters is 1. The van der Waals surface area contributed by atoms with Crippen molar-refractivity contribution >= 4 is 17.5 Å². The number of nitrogens with zero attached hydrogens (tertiary/aromatic N) is 2. The van der Waals surface area contributed by atoms with Crippen LogP contribution in [0.3, 0.4) is 0 Å². The van der Waals surface area contributed by atoms with E-state index in [1.54, 1.807) is 30.7 Å². The van der Waals surface area contributed by atoms with Crippen molar-refractivity contribution in [1.29, 1.82) is 0 Å². The highest BCUT2D eigenvalue weighted by atomic mass is 16.5. The lowest BCUT2D eigenvalue weighted by Gasteiger charge is -2.12. The summed E-state index contributed by atoms with van der Waals surface area (Å²) in [4.78, 5) is 27.7. The molecule has 2 aromatic heterocycles. The Bertz CT molecular complexity index is 680. The normalized spacial score (nSPS) is 12.1. The first-order valence-electron chi connectivity index (χ1n) is 6.91. The third kappa shape index (κ3) is 3.82. The van der Waals surface area contributed by atoms with Crippen molar-refractivity contribution in [1.82, 2.24) is 14.7 Å². The number of carbonyl (C=O) groups is 2. The zero-order valence-electron chi connectivity index (χ0n) is 12.8. The van der Waals surface area contributed by atoms with Crippen LogP contribution in [0.5, 0.6) is 0 Å². The monoisotopic (exact) mass is 305 g/mol. The number of hydrogen-bond acceptors (Lipinski definition) is 5. The van der Waals surface area contributed by atoms with Crippen molar-refractivity contribution in [3.05, 3.63) is 35.8 Å². The van der Waals surface area contributed by atoms with Gasteiger partial charge >= 0.3 is 5.97 Å². The number of hydrogen-bond donors (Lipinski definition) is 1. The number of ether oxygens (including phenoxy) is 2. The fourth-order valence-corrected chi connectivity index (χ4v) is 2.06. The van der Waals surface area contributed by atoms with Gasteiger partial charge in [-0.1, -0.05) is 6.07 Å². The summed E-state index contributed by atoms with van der Waals surface area (Å²) in [6, 6.07) is 5.42. The minimum atomic E-state index is -0.627. The van der Waals surface area contributed by atoms with Crippen LogP contribution in [0.15, 0.2) is 24.4 Å². The van der Waals surface area contributed by atoms with Gasteiger partial charge in [0.2, 0.25) is 0 Å². The first-order chi connectivity index (χ1) is 10.5. The third-order valence-electron chi connectivity index (χ3n) is 3.06. The topological polar surface area (TPSA) is 81.9 Å². The summed E-state index contributed by atoms with van der Waals surface area (Å²) in [6.07, 6.45) is 1.60. The zero-order valence-corrected chi connectivity index (χ0v) is 12.8. The minimum Gasteiger partial charge on any atom is -0.451 e. The standard InChI is InChI=1S/C15H19N3O4/c1-10(8-21-3)16-14(19)9-22-15(20)12-7-18-11(2)5-4-6-13(18)17-12/h4-7,10H,8-9H2,1-3H3,(H,16,19). The van der Waals surface area contributed by atoms with Crippen LogP contribution in [0, 0.1) is 6.92 Å². The van der Waals surface area contributed by atoms with Gasteiger partial charge in [-0.25, -0.2) is 9.78 Å². The van der Waals surface area contributed by atoms with E-state index in [9.17, 15) is 9.59 Å². The molecule has 0 saturated carbocycles. The Labute approximate surface area is 128 Å². The molecule has 0 radical (unpaired) electrons. The van der Waals surface area contributed by atoms with Crippen LogP contribution in [0.25, 0.3) is 5.65 Å². The van der Waals surface area contributed by atoms with Gasteiger partial charge in [-0.2, -0.15) is 0 Å². The molecule has 1 atom stereocenters. The smallest absolute Gasteiger partial charge is 0.359 e.